The van der Waals surface area contributed by atoms with E-state index in [9.17, 15) is 0 Å². The molecular weight excluding hydrogens is 260 g/mol. The molecule has 0 amide bonds. The van der Waals surface area contributed by atoms with Gasteiger partial charge in [-0.3, -0.25) is 0 Å². The highest BCUT2D eigenvalue weighted by molar-refractivity contribution is 5.47. The molecule has 2 rings (SSSR count). The van der Waals surface area contributed by atoms with E-state index in [1.807, 2.05) is 6.07 Å². The van der Waals surface area contributed by atoms with Gasteiger partial charge in [0.2, 0.25) is 0 Å². The zero-order valence-corrected chi connectivity index (χ0v) is 13.8. The van der Waals surface area contributed by atoms with Crippen LogP contribution in [0.4, 0.5) is 11.6 Å². The largest absolute Gasteiger partial charge is 0.370 e. The van der Waals surface area contributed by atoms with E-state index < -0.39 is 0 Å². The highest BCUT2D eigenvalue weighted by atomic mass is 15.1. The summed E-state index contributed by atoms with van der Waals surface area (Å²) in [5, 5.41) is 6.91. The summed E-state index contributed by atoms with van der Waals surface area (Å²) in [5.74, 6) is 4.57. The van der Waals surface area contributed by atoms with E-state index in [1.165, 1.54) is 19.3 Å². The van der Waals surface area contributed by atoms with Crippen molar-refractivity contribution >= 4 is 11.6 Å². The predicted molar refractivity (Wildman–Crippen MR) is 89.8 cm³/mol. The molecule has 1 aromatic heterocycles. The summed E-state index contributed by atoms with van der Waals surface area (Å²) in [5.41, 5.74) is 0. The number of aromatic nitrogens is 2. The van der Waals surface area contributed by atoms with Crippen molar-refractivity contribution in [2.45, 2.75) is 59.3 Å². The molecule has 1 fully saturated rings. The summed E-state index contributed by atoms with van der Waals surface area (Å²) in [6.45, 7) is 8.70. The van der Waals surface area contributed by atoms with Gasteiger partial charge in [-0.25, -0.2) is 9.97 Å². The van der Waals surface area contributed by atoms with Crippen molar-refractivity contribution in [2.75, 3.05) is 23.7 Å². The zero-order valence-electron chi connectivity index (χ0n) is 13.8. The molecule has 0 aliphatic heterocycles. The van der Waals surface area contributed by atoms with Crippen molar-refractivity contribution < 1.29 is 0 Å². The number of anilines is 2. The van der Waals surface area contributed by atoms with E-state index in [0.717, 1.165) is 61.6 Å². The molecule has 2 unspecified atom stereocenters. The van der Waals surface area contributed by atoms with Gasteiger partial charge in [0.1, 0.15) is 17.5 Å². The van der Waals surface area contributed by atoms with Gasteiger partial charge in [0.05, 0.1) is 0 Å². The molecule has 2 N–H and O–H groups in total. The van der Waals surface area contributed by atoms with Crippen LogP contribution in [0.2, 0.25) is 0 Å². The van der Waals surface area contributed by atoms with Gasteiger partial charge in [0, 0.05) is 25.6 Å². The summed E-state index contributed by atoms with van der Waals surface area (Å²) in [4.78, 5) is 9.24. The Labute approximate surface area is 129 Å². The lowest BCUT2D eigenvalue weighted by molar-refractivity contribution is 0.536. The Morgan fingerprint density at radius 3 is 2.48 bits per heavy atom. The third kappa shape index (κ3) is 5.18. The number of aryl methyl sites for hydroxylation is 1. The van der Waals surface area contributed by atoms with E-state index in [0.29, 0.717) is 0 Å². The van der Waals surface area contributed by atoms with Gasteiger partial charge < -0.3 is 10.6 Å². The highest BCUT2D eigenvalue weighted by Crippen LogP contribution is 2.30. The van der Waals surface area contributed by atoms with Crippen LogP contribution in [0.25, 0.3) is 0 Å². The maximum Gasteiger partial charge on any atom is 0.133 e. The van der Waals surface area contributed by atoms with Gasteiger partial charge >= 0.3 is 0 Å². The lowest BCUT2D eigenvalue weighted by atomic mass is 10.1. The first-order chi connectivity index (χ1) is 10.2. The predicted octanol–water partition coefficient (Wildman–Crippen LogP) is 4.10. The minimum absolute atomic E-state index is 0.802. The number of nitrogens with one attached hydrogen (secondary N) is 2. The van der Waals surface area contributed by atoms with Crippen LogP contribution in [0, 0.1) is 11.8 Å². The molecule has 4 nitrogen and oxygen atoms in total. The fourth-order valence-corrected chi connectivity index (χ4v) is 3.03. The smallest absolute Gasteiger partial charge is 0.133 e. The second-order valence-electron chi connectivity index (χ2n) is 6.40. The first-order valence-electron chi connectivity index (χ1n) is 8.57. The molecule has 1 saturated carbocycles. The Morgan fingerprint density at radius 1 is 1.10 bits per heavy atom. The topological polar surface area (TPSA) is 49.8 Å². The third-order valence-corrected chi connectivity index (χ3v) is 4.18. The fraction of sp³-hybridized carbons (Fsp3) is 0.765. The Hall–Kier alpha value is -1.32. The summed E-state index contributed by atoms with van der Waals surface area (Å²) in [7, 11) is 0. The summed E-state index contributed by atoms with van der Waals surface area (Å²) in [6.07, 6.45) is 7.20. The minimum Gasteiger partial charge on any atom is -0.370 e. The van der Waals surface area contributed by atoms with Gasteiger partial charge in [0.15, 0.2) is 0 Å². The molecule has 1 aliphatic rings. The van der Waals surface area contributed by atoms with E-state index >= 15 is 0 Å². The summed E-state index contributed by atoms with van der Waals surface area (Å²) in [6, 6.07) is 2.05. The number of rotatable bonds is 8. The average molecular weight is 290 g/mol. The Kier molecular flexibility index (Phi) is 6.27. The second-order valence-corrected chi connectivity index (χ2v) is 6.40. The van der Waals surface area contributed by atoms with Crippen LogP contribution < -0.4 is 10.6 Å². The van der Waals surface area contributed by atoms with Gasteiger partial charge in [-0.1, -0.05) is 27.2 Å². The first kappa shape index (κ1) is 16.1. The molecular formula is C17H30N4. The molecule has 0 spiro atoms. The van der Waals surface area contributed by atoms with Crippen LogP contribution in [0.1, 0.15) is 58.7 Å². The van der Waals surface area contributed by atoms with E-state index in [2.05, 4.69) is 41.4 Å². The van der Waals surface area contributed by atoms with Crippen molar-refractivity contribution in [2.24, 2.45) is 11.8 Å². The molecule has 118 valence electrons. The SMILES string of the molecule is CCCNc1cc(NCC2CCC(C)C2)nc(CCC)n1. The molecule has 0 radical (unpaired) electrons. The molecule has 4 heteroatoms. The molecule has 21 heavy (non-hydrogen) atoms. The van der Waals surface area contributed by atoms with E-state index in [-0.39, 0.29) is 0 Å². The molecule has 0 aromatic carbocycles. The summed E-state index contributed by atoms with van der Waals surface area (Å²) < 4.78 is 0. The number of nitrogens with zero attached hydrogens (tertiary/aromatic N) is 2. The van der Waals surface area contributed by atoms with Gasteiger partial charge in [0.25, 0.3) is 0 Å². The lowest BCUT2D eigenvalue weighted by Gasteiger charge is -2.14. The molecule has 1 heterocycles. The summed E-state index contributed by atoms with van der Waals surface area (Å²) >= 11 is 0. The Balaban J connectivity index is 1.97. The van der Waals surface area contributed by atoms with Gasteiger partial charge in [-0.05, 0) is 37.5 Å². The fourth-order valence-electron chi connectivity index (χ4n) is 3.03. The van der Waals surface area contributed by atoms with Gasteiger partial charge in [-0.15, -0.1) is 0 Å². The Morgan fingerprint density at radius 2 is 1.86 bits per heavy atom. The quantitative estimate of drug-likeness (QED) is 0.757. The van der Waals surface area contributed by atoms with Crippen LogP contribution in [0.5, 0.6) is 0 Å². The Bertz CT molecular complexity index is 433. The molecule has 1 aromatic rings. The van der Waals surface area contributed by atoms with Crippen LogP contribution in [-0.2, 0) is 6.42 Å². The number of hydrogen-bond acceptors (Lipinski definition) is 4. The molecule has 0 bridgehead atoms. The van der Waals surface area contributed by atoms with Crippen LogP contribution >= 0.6 is 0 Å². The standard InChI is InChI=1S/C17H30N4/c1-4-6-15-20-16(18-9-5-2)11-17(21-15)19-12-14-8-7-13(3)10-14/h11,13-14H,4-10,12H2,1-3H3,(H2,18,19,20,21). The molecule has 0 saturated heterocycles. The van der Waals surface area contributed by atoms with E-state index in [1.54, 1.807) is 0 Å². The molecule has 2 atom stereocenters. The van der Waals surface area contributed by atoms with Crippen LogP contribution in [-0.4, -0.2) is 23.1 Å². The van der Waals surface area contributed by atoms with Crippen molar-refractivity contribution in [1.82, 2.24) is 9.97 Å². The van der Waals surface area contributed by atoms with E-state index in [4.69, 9.17) is 0 Å². The van der Waals surface area contributed by atoms with Crippen molar-refractivity contribution in [3.63, 3.8) is 0 Å². The van der Waals surface area contributed by atoms with Crippen molar-refractivity contribution in [1.29, 1.82) is 0 Å². The molecule has 1 aliphatic carbocycles. The van der Waals surface area contributed by atoms with Crippen LogP contribution in [0.3, 0.4) is 0 Å². The van der Waals surface area contributed by atoms with Crippen LogP contribution in [0.15, 0.2) is 6.07 Å². The highest BCUT2D eigenvalue weighted by Gasteiger charge is 2.21. The normalized spacial score (nSPS) is 21.5. The second kappa shape index (κ2) is 8.20. The van der Waals surface area contributed by atoms with Crippen molar-refractivity contribution in [3.05, 3.63) is 11.9 Å². The van der Waals surface area contributed by atoms with Crippen molar-refractivity contribution in [3.8, 4) is 0 Å². The minimum atomic E-state index is 0.802. The zero-order chi connectivity index (χ0) is 15.1. The van der Waals surface area contributed by atoms with Gasteiger partial charge in [-0.2, -0.15) is 0 Å². The first-order valence-corrected chi connectivity index (χ1v) is 8.57. The third-order valence-electron chi connectivity index (χ3n) is 4.18. The monoisotopic (exact) mass is 290 g/mol. The average Bonchev–Trinajstić information content (AvgIpc) is 2.89. The maximum atomic E-state index is 4.65. The maximum absolute atomic E-state index is 4.65. The number of hydrogen-bond donors (Lipinski definition) is 2. The lowest BCUT2D eigenvalue weighted by Crippen LogP contribution is -2.14.